The number of hydrogen-bond acceptors (Lipinski definition) is 4. The molecular formula is C12H18N4O3. The summed E-state index contributed by atoms with van der Waals surface area (Å²) >= 11 is 0. The molecule has 1 saturated heterocycles. The Hall–Kier alpha value is -2.05. The van der Waals surface area contributed by atoms with Gasteiger partial charge in [0.2, 0.25) is 0 Å². The standard InChI is InChI=1S/C12H18N4O3/c1-8-10(9(2)14-13-8)11(17)15-4-6-16(7-5-15)12(18)19-3/h4-7H2,1-3H3,(H,13,14). The first kappa shape index (κ1) is 13.4. The second kappa shape index (κ2) is 5.29. The molecule has 7 heteroatoms. The number of piperazine rings is 1. The fraction of sp³-hybridized carbons (Fsp3) is 0.583. The summed E-state index contributed by atoms with van der Waals surface area (Å²) in [6.07, 6.45) is -0.345. The fourth-order valence-electron chi connectivity index (χ4n) is 2.25. The molecule has 1 aromatic rings. The molecule has 0 saturated carbocycles. The summed E-state index contributed by atoms with van der Waals surface area (Å²) in [5.74, 6) is -0.0340. The van der Waals surface area contributed by atoms with Crippen LogP contribution in [0.1, 0.15) is 21.7 Å². The Morgan fingerprint density at radius 2 is 1.74 bits per heavy atom. The molecule has 0 aliphatic carbocycles. The number of aryl methyl sites for hydroxylation is 2. The molecule has 1 N–H and O–H groups in total. The second-order valence-corrected chi connectivity index (χ2v) is 4.56. The smallest absolute Gasteiger partial charge is 0.409 e. The first-order valence-electron chi connectivity index (χ1n) is 6.18. The van der Waals surface area contributed by atoms with E-state index < -0.39 is 0 Å². The highest BCUT2D eigenvalue weighted by Gasteiger charge is 2.27. The maximum Gasteiger partial charge on any atom is 0.409 e. The highest BCUT2D eigenvalue weighted by atomic mass is 16.5. The monoisotopic (exact) mass is 266 g/mol. The summed E-state index contributed by atoms with van der Waals surface area (Å²) in [7, 11) is 1.36. The quantitative estimate of drug-likeness (QED) is 0.805. The minimum absolute atomic E-state index is 0.0340. The van der Waals surface area contributed by atoms with Gasteiger partial charge in [-0.1, -0.05) is 0 Å². The van der Waals surface area contributed by atoms with Crippen molar-refractivity contribution in [1.29, 1.82) is 0 Å². The molecule has 0 aromatic carbocycles. The Kier molecular flexibility index (Phi) is 3.73. The number of rotatable bonds is 1. The molecule has 0 spiro atoms. The second-order valence-electron chi connectivity index (χ2n) is 4.56. The van der Waals surface area contributed by atoms with E-state index in [0.29, 0.717) is 37.4 Å². The van der Waals surface area contributed by atoms with Gasteiger partial charge in [-0.05, 0) is 13.8 Å². The SMILES string of the molecule is COC(=O)N1CCN(C(=O)c2c(C)n[nH]c2C)CC1. The third-order valence-electron chi connectivity index (χ3n) is 3.34. The Labute approximate surface area is 111 Å². The summed E-state index contributed by atoms with van der Waals surface area (Å²) in [5.41, 5.74) is 2.11. The molecule has 104 valence electrons. The lowest BCUT2D eigenvalue weighted by atomic mass is 10.1. The Morgan fingerprint density at radius 1 is 1.16 bits per heavy atom. The third kappa shape index (κ3) is 2.54. The van der Waals surface area contributed by atoms with E-state index in [9.17, 15) is 9.59 Å². The van der Waals surface area contributed by atoms with Gasteiger partial charge in [-0.15, -0.1) is 0 Å². The molecule has 19 heavy (non-hydrogen) atoms. The van der Waals surface area contributed by atoms with Gasteiger partial charge < -0.3 is 14.5 Å². The summed E-state index contributed by atoms with van der Waals surface area (Å²) in [4.78, 5) is 27.1. The van der Waals surface area contributed by atoms with Crippen LogP contribution in [0.5, 0.6) is 0 Å². The lowest BCUT2D eigenvalue weighted by Crippen LogP contribution is -2.50. The van der Waals surface area contributed by atoms with E-state index in [2.05, 4.69) is 14.9 Å². The van der Waals surface area contributed by atoms with E-state index in [-0.39, 0.29) is 12.0 Å². The van der Waals surface area contributed by atoms with E-state index in [1.807, 2.05) is 6.92 Å². The Bertz CT molecular complexity index is 470. The number of amides is 2. The van der Waals surface area contributed by atoms with Crippen LogP contribution in [0.4, 0.5) is 4.79 Å². The molecule has 1 fully saturated rings. The zero-order valence-corrected chi connectivity index (χ0v) is 11.4. The van der Waals surface area contributed by atoms with E-state index in [1.165, 1.54) is 7.11 Å². The highest BCUT2D eigenvalue weighted by Crippen LogP contribution is 2.14. The number of aromatic amines is 1. The molecule has 1 aromatic heterocycles. The van der Waals surface area contributed by atoms with Crippen molar-refractivity contribution in [2.75, 3.05) is 33.3 Å². The van der Waals surface area contributed by atoms with Crippen molar-refractivity contribution in [2.24, 2.45) is 0 Å². The third-order valence-corrected chi connectivity index (χ3v) is 3.34. The molecular weight excluding hydrogens is 248 g/mol. The maximum absolute atomic E-state index is 12.4. The fourth-order valence-corrected chi connectivity index (χ4v) is 2.25. The van der Waals surface area contributed by atoms with Crippen LogP contribution in [0.3, 0.4) is 0 Å². The average Bonchev–Trinajstić information content (AvgIpc) is 2.77. The Balaban J connectivity index is 2.02. The van der Waals surface area contributed by atoms with Crippen LogP contribution < -0.4 is 0 Å². The first-order chi connectivity index (χ1) is 9.04. The number of aromatic nitrogens is 2. The van der Waals surface area contributed by atoms with Gasteiger partial charge in [0.15, 0.2) is 0 Å². The van der Waals surface area contributed by atoms with Gasteiger partial charge in [-0.3, -0.25) is 9.89 Å². The van der Waals surface area contributed by atoms with Gasteiger partial charge in [-0.2, -0.15) is 5.10 Å². The van der Waals surface area contributed by atoms with Gasteiger partial charge >= 0.3 is 6.09 Å². The number of nitrogens with one attached hydrogen (secondary N) is 1. The Morgan fingerprint density at radius 3 is 2.21 bits per heavy atom. The van der Waals surface area contributed by atoms with E-state index in [0.717, 1.165) is 5.69 Å². The molecule has 0 radical (unpaired) electrons. The van der Waals surface area contributed by atoms with E-state index >= 15 is 0 Å². The van der Waals surface area contributed by atoms with Crippen LogP contribution in [0.25, 0.3) is 0 Å². The van der Waals surface area contributed by atoms with Crippen molar-refractivity contribution in [3.63, 3.8) is 0 Å². The molecule has 2 rings (SSSR count). The highest BCUT2D eigenvalue weighted by molar-refractivity contribution is 5.96. The van der Waals surface area contributed by atoms with E-state index in [4.69, 9.17) is 0 Å². The number of ether oxygens (including phenoxy) is 1. The van der Waals surface area contributed by atoms with E-state index in [1.54, 1.807) is 16.7 Å². The minimum atomic E-state index is -0.345. The number of methoxy groups -OCH3 is 1. The maximum atomic E-state index is 12.4. The molecule has 0 atom stereocenters. The zero-order chi connectivity index (χ0) is 14.0. The van der Waals surface area contributed by atoms with Crippen LogP contribution in [-0.4, -0.2) is 65.3 Å². The first-order valence-corrected chi connectivity index (χ1v) is 6.18. The predicted molar refractivity (Wildman–Crippen MR) is 67.9 cm³/mol. The zero-order valence-electron chi connectivity index (χ0n) is 11.4. The molecule has 2 amide bonds. The normalized spacial score (nSPS) is 15.5. The van der Waals surface area contributed by atoms with Gasteiger partial charge in [0.1, 0.15) is 0 Å². The van der Waals surface area contributed by atoms with Gasteiger partial charge in [-0.25, -0.2) is 4.79 Å². The summed E-state index contributed by atoms with van der Waals surface area (Å²) in [5, 5.41) is 6.84. The minimum Gasteiger partial charge on any atom is -0.453 e. The number of H-pyrrole nitrogens is 1. The summed E-state index contributed by atoms with van der Waals surface area (Å²) in [6, 6.07) is 0. The van der Waals surface area contributed by atoms with Crippen LogP contribution >= 0.6 is 0 Å². The van der Waals surface area contributed by atoms with Crippen LogP contribution in [-0.2, 0) is 4.74 Å². The molecule has 2 heterocycles. The van der Waals surface area contributed by atoms with Gasteiger partial charge in [0.25, 0.3) is 5.91 Å². The molecule has 0 unspecified atom stereocenters. The van der Waals surface area contributed by atoms with Gasteiger partial charge in [0, 0.05) is 31.9 Å². The molecule has 0 bridgehead atoms. The molecule has 1 aliphatic rings. The topological polar surface area (TPSA) is 78.5 Å². The molecule has 7 nitrogen and oxygen atoms in total. The number of nitrogens with zero attached hydrogens (tertiary/aromatic N) is 3. The number of carbonyl (C=O) groups is 2. The summed E-state index contributed by atoms with van der Waals surface area (Å²) < 4.78 is 4.66. The van der Waals surface area contributed by atoms with Crippen molar-refractivity contribution in [1.82, 2.24) is 20.0 Å². The predicted octanol–water partition coefficient (Wildman–Crippen LogP) is 0.551. The molecule has 1 aliphatic heterocycles. The number of hydrogen-bond donors (Lipinski definition) is 1. The van der Waals surface area contributed by atoms with Crippen molar-refractivity contribution in [3.8, 4) is 0 Å². The number of carbonyl (C=O) groups excluding carboxylic acids is 2. The average molecular weight is 266 g/mol. The summed E-state index contributed by atoms with van der Waals surface area (Å²) in [6.45, 7) is 5.65. The van der Waals surface area contributed by atoms with Gasteiger partial charge in [0.05, 0.1) is 18.4 Å². The van der Waals surface area contributed by atoms with Crippen molar-refractivity contribution < 1.29 is 14.3 Å². The van der Waals surface area contributed by atoms with Crippen LogP contribution in [0, 0.1) is 13.8 Å². The largest absolute Gasteiger partial charge is 0.453 e. The van der Waals surface area contributed by atoms with Crippen LogP contribution in [0.15, 0.2) is 0 Å². The van der Waals surface area contributed by atoms with Crippen molar-refractivity contribution in [2.45, 2.75) is 13.8 Å². The lowest BCUT2D eigenvalue weighted by molar-refractivity contribution is 0.0598. The van der Waals surface area contributed by atoms with Crippen molar-refractivity contribution >= 4 is 12.0 Å². The lowest BCUT2D eigenvalue weighted by Gasteiger charge is -2.33. The van der Waals surface area contributed by atoms with Crippen molar-refractivity contribution in [3.05, 3.63) is 17.0 Å². The van der Waals surface area contributed by atoms with Crippen LogP contribution in [0.2, 0.25) is 0 Å².